The molecule has 0 saturated carbocycles. The van der Waals surface area contributed by atoms with Gasteiger partial charge in [0.25, 0.3) is 0 Å². The summed E-state index contributed by atoms with van der Waals surface area (Å²) in [5, 5.41) is 12.5. The third-order valence-corrected chi connectivity index (χ3v) is 6.66. The molecule has 0 bridgehead atoms. The lowest BCUT2D eigenvalue weighted by molar-refractivity contribution is -0.119. The second kappa shape index (κ2) is 9.53. The molecule has 2 amide bonds. The molecule has 3 heterocycles. The van der Waals surface area contributed by atoms with Crippen LogP contribution in [0.25, 0.3) is 0 Å². The highest BCUT2D eigenvalue weighted by atomic mass is 32.1. The number of amides is 2. The highest BCUT2D eigenvalue weighted by molar-refractivity contribution is 7.19. The van der Waals surface area contributed by atoms with Crippen LogP contribution in [0.4, 0.5) is 10.3 Å². The molecule has 1 aromatic heterocycles. The molecule has 0 atom stereocenters. The first kappa shape index (κ1) is 20.7. The SMILES string of the molecule is CN(CC(=O)NCCCN1CCc2ccccc2C1)c1nnc(N2CCCC2=O)s1. The zero-order valence-corrected chi connectivity index (χ0v) is 18.2. The standard InChI is InChI=1S/C21H28N6O2S/c1-25(20-23-24-21(30-20)27-12-4-8-19(27)29)15-18(28)22-10-5-11-26-13-9-16-6-2-3-7-17(16)14-26/h2-3,6-7H,4-5,8-15H2,1H3,(H,22,28). The second-order valence-corrected chi connectivity index (χ2v) is 8.80. The number of carbonyl (C=O) groups excluding carboxylic acids is 2. The largest absolute Gasteiger partial charge is 0.355 e. The quantitative estimate of drug-likeness (QED) is 0.644. The first-order valence-corrected chi connectivity index (χ1v) is 11.3. The van der Waals surface area contributed by atoms with Crippen molar-refractivity contribution in [1.82, 2.24) is 20.4 Å². The normalized spacial score (nSPS) is 16.6. The van der Waals surface area contributed by atoms with Gasteiger partial charge < -0.3 is 10.2 Å². The molecule has 4 rings (SSSR count). The van der Waals surface area contributed by atoms with Gasteiger partial charge >= 0.3 is 0 Å². The van der Waals surface area contributed by atoms with Crippen LogP contribution < -0.4 is 15.1 Å². The number of nitrogens with zero attached hydrogens (tertiary/aromatic N) is 5. The highest BCUT2D eigenvalue weighted by Gasteiger charge is 2.25. The Balaban J connectivity index is 1.16. The van der Waals surface area contributed by atoms with E-state index >= 15 is 0 Å². The Labute approximate surface area is 180 Å². The molecule has 1 N–H and O–H groups in total. The van der Waals surface area contributed by atoms with Gasteiger partial charge in [-0.3, -0.25) is 19.4 Å². The maximum Gasteiger partial charge on any atom is 0.239 e. The van der Waals surface area contributed by atoms with E-state index < -0.39 is 0 Å². The van der Waals surface area contributed by atoms with Crippen molar-refractivity contribution in [3.63, 3.8) is 0 Å². The summed E-state index contributed by atoms with van der Waals surface area (Å²) in [6.45, 7) is 4.63. The summed E-state index contributed by atoms with van der Waals surface area (Å²) in [4.78, 5) is 30.0. The van der Waals surface area contributed by atoms with E-state index in [0.29, 0.717) is 29.8 Å². The third-order valence-electron chi connectivity index (χ3n) is 5.60. The third kappa shape index (κ3) is 4.96. The lowest BCUT2D eigenvalue weighted by Gasteiger charge is -2.28. The number of benzene rings is 1. The lowest BCUT2D eigenvalue weighted by atomic mass is 10.00. The number of carbonyl (C=O) groups is 2. The number of aromatic nitrogens is 2. The van der Waals surface area contributed by atoms with Crippen LogP contribution in [0.5, 0.6) is 0 Å². The predicted molar refractivity (Wildman–Crippen MR) is 118 cm³/mol. The summed E-state index contributed by atoms with van der Waals surface area (Å²) in [6, 6.07) is 8.63. The van der Waals surface area contributed by atoms with Crippen LogP contribution in [0, 0.1) is 0 Å². The molecule has 0 radical (unpaired) electrons. The molecule has 8 nitrogen and oxygen atoms in total. The molecule has 30 heavy (non-hydrogen) atoms. The Kier molecular flexibility index (Phi) is 6.59. The first-order valence-electron chi connectivity index (χ1n) is 10.5. The van der Waals surface area contributed by atoms with Crippen LogP contribution in [0.1, 0.15) is 30.4 Å². The Bertz CT molecular complexity index is 901. The van der Waals surface area contributed by atoms with E-state index in [1.54, 1.807) is 9.80 Å². The zero-order chi connectivity index (χ0) is 20.9. The van der Waals surface area contributed by atoms with Gasteiger partial charge in [0.05, 0.1) is 6.54 Å². The Morgan fingerprint density at radius 3 is 2.83 bits per heavy atom. The number of nitrogens with one attached hydrogen (secondary N) is 1. The van der Waals surface area contributed by atoms with Crippen molar-refractivity contribution < 1.29 is 9.59 Å². The van der Waals surface area contributed by atoms with Crippen LogP contribution in [0.3, 0.4) is 0 Å². The zero-order valence-electron chi connectivity index (χ0n) is 17.3. The van der Waals surface area contributed by atoms with Crippen molar-refractivity contribution in [2.45, 2.75) is 32.2 Å². The van der Waals surface area contributed by atoms with E-state index in [2.05, 4.69) is 44.7 Å². The minimum atomic E-state index is -0.0320. The molecule has 2 aromatic rings. The van der Waals surface area contributed by atoms with E-state index in [9.17, 15) is 9.59 Å². The molecule has 9 heteroatoms. The predicted octanol–water partition coefficient (Wildman–Crippen LogP) is 1.67. The number of hydrogen-bond donors (Lipinski definition) is 1. The van der Waals surface area contributed by atoms with Gasteiger partial charge in [-0.25, -0.2) is 0 Å². The molecule has 1 saturated heterocycles. The summed E-state index contributed by atoms with van der Waals surface area (Å²) < 4.78 is 0. The van der Waals surface area contributed by atoms with Crippen LogP contribution in [-0.4, -0.2) is 66.7 Å². The highest BCUT2D eigenvalue weighted by Crippen LogP contribution is 2.29. The maximum absolute atomic E-state index is 12.3. The average molecular weight is 429 g/mol. The summed E-state index contributed by atoms with van der Waals surface area (Å²) in [5.74, 6) is 0.0609. The van der Waals surface area contributed by atoms with Crippen LogP contribution in [0.15, 0.2) is 24.3 Å². The molecule has 160 valence electrons. The smallest absolute Gasteiger partial charge is 0.239 e. The number of rotatable bonds is 8. The molecular formula is C21H28N6O2S. The van der Waals surface area contributed by atoms with Crippen LogP contribution in [-0.2, 0) is 22.6 Å². The number of likely N-dealkylation sites (N-methyl/N-ethyl adjacent to an activating group) is 1. The van der Waals surface area contributed by atoms with Crippen molar-refractivity contribution in [2.75, 3.05) is 49.6 Å². The Morgan fingerprint density at radius 1 is 1.20 bits per heavy atom. The summed E-state index contributed by atoms with van der Waals surface area (Å²) in [7, 11) is 1.82. The van der Waals surface area contributed by atoms with Crippen molar-refractivity contribution in [1.29, 1.82) is 0 Å². The molecule has 1 aromatic carbocycles. The van der Waals surface area contributed by atoms with Gasteiger partial charge in [-0.05, 0) is 30.4 Å². The molecule has 0 aliphatic carbocycles. The summed E-state index contributed by atoms with van der Waals surface area (Å²) in [5.41, 5.74) is 2.88. The summed E-state index contributed by atoms with van der Waals surface area (Å²) in [6.07, 6.45) is 3.45. The fourth-order valence-corrected chi connectivity index (χ4v) is 4.79. The molecule has 0 unspecified atom stereocenters. The van der Waals surface area contributed by atoms with E-state index in [4.69, 9.17) is 0 Å². The van der Waals surface area contributed by atoms with Crippen LogP contribution in [0.2, 0.25) is 0 Å². The molecular weight excluding hydrogens is 400 g/mol. The Hall–Kier alpha value is -2.52. The van der Waals surface area contributed by atoms with Gasteiger partial charge in [0.15, 0.2) is 0 Å². The van der Waals surface area contributed by atoms with E-state index in [0.717, 1.165) is 38.9 Å². The van der Waals surface area contributed by atoms with Crippen LogP contribution >= 0.6 is 11.3 Å². The number of fused-ring (bicyclic) bond motifs is 1. The molecule has 2 aliphatic heterocycles. The fourth-order valence-electron chi connectivity index (χ4n) is 3.94. The van der Waals surface area contributed by atoms with Crippen molar-refractivity contribution in [3.8, 4) is 0 Å². The van der Waals surface area contributed by atoms with Gasteiger partial charge in [0, 0.05) is 46.2 Å². The Morgan fingerprint density at radius 2 is 2.03 bits per heavy atom. The fraction of sp³-hybridized carbons (Fsp3) is 0.524. The number of anilines is 2. The van der Waals surface area contributed by atoms with E-state index in [1.165, 1.54) is 22.5 Å². The molecule has 2 aliphatic rings. The lowest BCUT2D eigenvalue weighted by Crippen LogP contribution is -2.37. The van der Waals surface area contributed by atoms with Gasteiger partial charge in [-0.2, -0.15) is 0 Å². The van der Waals surface area contributed by atoms with Crippen molar-refractivity contribution in [3.05, 3.63) is 35.4 Å². The van der Waals surface area contributed by atoms with Gasteiger partial charge in [0.2, 0.25) is 22.1 Å². The topological polar surface area (TPSA) is 81.7 Å². The van der Waals surface area contributed by atoms with Gasteiger partial charge in [-0.1, -0.05) is 35.6 Å². The van der Waals surface area contributed by atoms with E-state index in [-0.39, 0.29) is 18.4 Å². The monoisotopic (exact) mass is 428 g/mol. The van der Waals surface area contributed by atoms with Crippen molar-refractivity contribution in [2.24, 2.45) is 0 Å². The number of hydrogen-bond acceptors (Lipinski definition) is 7. The first-order chi connectivity index (χ1) is 14.6. The van der Waals surface area contributed by atoms with E-state index in [1.807, 2.05) is 7.05 Å². The minimum absolute atomic E-state index is 0.0320. The maximum atomic E-state index is 12.3. The summed E-state index contributed by atoms with van der Waals surface area (Å²) >= 11 is 1.35. The average Bonchev–Trinajstić information content (AvgIpc) is 3.40. The van der Waals surface area contributed by atoms with Gasteiger partial charge in [-0.15, -0.1) is 10.2 Å². The molecule has 0 spiro atoms. The second-order valence-electron chi connectivity index (χ2n) is 7.87. The minimum Gasteiger partial charge on any atom is -0.355 e. The van der Waals surface area contributed by atoms with Crippen molar-refractivity contribution >= 4 is 33.4 Å². The molecule has 1 fully saturated rings. The van der Waals surface area contributed by atoms with Gasteiger partial charge in [0.1, 0.15) is 0 Å².